The Balaban J connectivity index is 1.34. The SMILES string of the molecule is Cn1nnnc1SCC(=O)N1CCCC(Cc2nc(-c3ccccc3F)no2)C1. The predicted molar refractivity (Wildman–Crippen MR) is 102 cm³/mol. The number of amides is 1. The zero-order valence-electron chi connectivity index (χ0n) is 15.9. The summed E-state index contributed by atoms with van der Waals surface area (Å²) < 4.78 is 20.8. The van der Waals surface area contributed by atoms with E-state index in [-0.39, 0.29) is 23.5 Å². The molecule has 1 amide bonds. The van der Waals surface area contributed by atoms with Crippen LogP contribution in [0, 0.1) is 11.7 Å². The highest BCUT2D eigenvalue weighted by molar-refractivity contribution is 7.99. The third kappa shape index (κ3) is 4.61. The molecule has 1 fully saturated rings. The van der Waals surface area contributed by atoms with Crippen molar-refractivity contribution < 1.29 is 13.7 Å². The standard InChI is InChI=1S/C18H20FN7O2S/c1-25-18(21-23-24-25)29-11-16(27)26-8-4-5-12(10-26)9-15-20-17(22-28-15)13-6-2-3-7-14(13)19/h2-3,6-7,12H,4-5,8-11H2,1H3. The Morgan fingerprint density at radius 1 is 1.38 bits per heavy atom. The van der Waals surface area contributed by atoms with Crippen LogP contribution in [0.2, 0.25) is 0 Å². The smallest absolute Gasteiger partial charge is 0.233 e. The first-order chi connectivity index (χ1) is 14.1. The van der Waals surface area contributed by atoms with Gasteiger partial charge in [0.25, 0.3) is 0 Å². The van der Waals surface area contributed by atoms with E-state index in [0.29, 0.717) is 35.3 Å². The molecule has 11 heteroatoms. The van der Waals surface area contributed by atoms with E-state index in [2.05, 4.69) is 25.7 Å². The van der Waals surface area contributed by atoms with E-state index in [1.807, 2.05) is 4.90 Å². The fourth-order valence-electron chi connectivity index (χ4n) is 3.36. The summed E-state index contributed by atoms with van der Waals surface area (Å²) in [6, 6.07) is 6.33. The second-order valence-electron chi connectivity index (χ2n) is 6.92. The number of aryl methyl sites for hydroxylation is 1. The minimum Gasteiger partial charge on any atom is -0.342 e. The van der Waals surface area contributed by atoms with Crippen molar-refractivity contribution in [3.63, 3.8) is 0 Å². The molecule has 1 saturated heterocycles. The van der Waals surface area contributed by atoms with Crippen LogP contribution in [0.15, 0.2) is 33.9 Å². The van der Waals surface area contributed by atoms with E-state index < -0.39 is 0 Å². The largest absolute Gasteiger partial charge is 0.342 e. The van der Waals surface area contributed by atoms with Gasteiger partial charge in [-0.15, -0.1) is 5.10 Å². The first kappa shape index (κ1) is 19.5. The molecule has 152 valence electrons. The number of rotatable bonds is 6. The number of carbonyl (C=O) groups is 1. The Morgan fingerprint density at radius 2 is 2.24 bits per heavy atom. The van der Waals surface area contributed by atoms with E-state index in [1.165, 1.54) is 17.8 Å². The quantitative estimate of drug-likeness (QED) is 0.561. The van der Waals surface area contributed by atoms with Crippen LogP contribution in [-0.2, 0) is 18.3 Å². The summed E-state index contributed by atoms with van der Waals surface area (Å²) in [4.78, 5) is 18.8. The third-order valence-electron chi connectivity index (χ3n) is 4.82. The van der Waals surface area contributed by atoms with Gasteiger partial charge in [0.05, 0.1) is 11.3 Å². The lowest BCUT2D eigenvalue weighted by Gasteiger charge is -2.32. The van der Waals surface area contributed by atoms with E-state index >= 15 is 0 Å². The number of hydrogen-bond donors (Lipinski definition) is 0. The maximum Gasteiger partial charge on any atom is 0.233 e. The Hall–Kier alpha value is -2.82. The molecular weight excluding hydrogens is 397 g/mol. The number of halogens is 1. The maximum absolute atomic E-state index is 13.9. The molecule has 0 aliphatic carbocycles. The molecule has 1 aliphatic rings. The number of nitrogens with zero attached hydrogens (tertiary/aromatic N) is 7. The molecule has 1 atom stereocenters. The van der Waals surface area contributed by atoms with Crippen LogP contribution in [0.5, 0.6) is 0 Å². The Morgan fingerprint density at radius 3 is 3.03 bits per heavy atom. The molecule has 3 aromatic rings. The summed E-state index contributed by atoms with van der Waals surface area (Å²) in [5.74, 6) is 0.893. The minimum atomic E-state index is -0.384. The van der Waals surface area contributed by atoms with Crippen molar-refractivity contribution in [2.75, 3.05) is 18.8 Å². The minimum absolute atomic E-state index is 0.0558. The monoisotopic (exact) mass is 417 g/mol. The highest BCUT2D eigenvalue weighted by Gasteiger charge is 2.26. The molecule has 1 unspecified atom stereocenters. The summed E-state index contributed by atoms with van der Waals surface area (Å²) in [7, 11) is 1.74. The van der Waals surface area contributed by atoms with Crippen molar-refractivity contribution in [2.24, 2.45) is 13.0 Å². The van der Waals surface area contributed by atoms with Crippen molar-refractivity contribution in [3.05, 3.63) is 36.0 Å². The van der Waals surface area contributed by atoms with Crippen LogP contribution in [0.3, 0.4) is 0 Å². The first-order valence-corrected chi connectivity index (χ1v) is 10.3. The molecule has 0 N–H and O–H groups in total. The lowest BCUT2D eigenvalue weighted by atomic mass is 9.95. The molecule has 0 radical (unpaired) electrons. The summed E-state index contributed by atoms with van der Waals surface area (Å²) in [5, 5.41) is 15.7. The van der Waals surface area contributed by atoms with Gasteiger partial charge < -0.3 is 9.42 Å². The second kappa shape index (κ2) is 8.68. The van der Waals surface area contributed by atoms with Crippen molar-refractivity contribution in [1.82, 2.24) is 35.2 Å². The van der Waals surface area contributed by atoms with Gasteiger partial charge in [-0.3, -0.25) is 4.79 Å². The number of likely N-dealkylation sites (tertiary alicyclic amines) is 1. The predicted octanol–water partition coefficient (Wildman–Crippen LogP) is 1.97. The van der Waals surface area contributed by atoms with E-state index in [4.69, 9.17) is 4.52 Å². The Bertz CT molecular complexity index is 992. The first-order valence-electron chi connectivity index (χ1n) is 9.30. The lowest BCUT2D eigenvalue weighted by molar-refractivity contribution is -0.130. The van der Waals surface area contributed by atoms with Crippen LogP contribution in [-0.4, -0.2) is 60.0 Å². The molecule has 3 heterocycles. The fraction of sp³-hybridized carbons (Fsp3) is 0.444. The highest BCUT2D eigenvalue weighted by atomic mass is 32.2. The third-order valence-corrected chi connectivity index (χ3v) is 5.82. The van der Waals surface area contributed by atoms with Gasteiger partial charge in [0.15, 0.2) is 0 Å². The average Bonchev–Trinajstić information content (AvgIpc) is 3.35. The average molecular weight is 417 g/mol. The van der Waals surface area contributed by atoms with Gasteiger partial charge in [-0.05, 0) is 41.3 Å². The molecule has 1 aromatic carbocycles. The van der Waals surface area contributed by atoms with Crippen molar-refractivity contribution >= 4 is 17.7 Å². The van der Waals surface area contributed by atoms with E-state index in [9.17, 15) is 9.18 Å². The van der Waals surface area contributed by atoms with Gasteiger partial charge in [-0.2, -0.15) is 4.98 Å². The van der Waals surface area contributed by atoms with Gasteiger partial charge in [-0.25, -0.2) is 9.07 Å². The molecular formula is C18H20FN7O2S. The van der Waals surface area contributed by atoms with Crippen LogP contribution >= 0.6 is 11.8 Å². The maximum atomic E-state index is 13.9. The molecule has 1 aliphatic heterocycles. The second-order valence-corrected chi connectivity index (χ2v) is 7.86. The Kier molecular flexibility index (Phi) is 5.84. The fourth-order valence-corrected chi connectivity index (χ4v) is 4.11. The highest BCUT2D eigenvalue weighted by Crippen LogP contribution is 2.24. The van der Waals surface area contributed by atoms with Gasteiger partial charge in [0.1, 0.15) is 5.82 Å². The van der Waals surface area contributed by atoms with Crippen LogP contribution in [0.1, 0.15) is 18.7 Å². The number of piperidine rings is 1. The number of tetrazole rings is 1. The summed E-state index contributed by atoms with van der Waals surface area (Å²) in [5.41, 5.74) is 0.318. The number of thioether (sulfide) groups is 1. The number of aromatic nitrogens is 6. The molecule has 4 rings (SSSR count). The van der Waals surface area contributed by atoms with Crippen LogP contribution in [0.4, 0.5) is 4.39 Å². The van der Waals surface area contributed by atoms with E-state index in [1.54, 1.807) is 29.9 Å². The van der Waals surface area contributed by atoms with Crippen LogP contribution < -0.4 is 0 Å². The van der Waals surface area contributed by atoms with Gasteiger partial charge in [-0.1, -0.05) is 29.1 Å². The summed E-state index contributed by atoms with van der Waals surface area (Å²) in [6.45, 7) is 1.37. The van der Waals surface area contributed by atoms with Gasteiger partial charge >= 0.3 is 0 Å². The molecule has 0 spiro atoms. The van der Waals surface area contributed by atoms with Crippen LogP contribution in [0.25, 0.3) is 11.4 Å². The van der Waals surface area contributed by atoms with Gasteiger partial charge in [0.2, 0.25) is 22.8 Å². The summed E-state index contributed by atoms with van der Waals surface area (Å²) >= 11 is 1.32. The normalized spacial score (nSPS) is 16.9. The van der Waals surface area contributed by atoms with E-state index in [0.717, 1.165) is 19.4 Å². The zero-order valence-corrected chi connectivity index (χ0v) is 16.7. The molecule has 9 nitrogen and oxygen atoms in total. The number of hydrogen-bond acceptors (Lipinski definition) is 8. The van der Waals surface area contributed by atoms with Crippen molar-refractivity contribution in [1.29, 1.82) is 0 Å². The number of carbonyl (C=O) groups excluding carboxylic acids is 1. The van der Waals surface area contributed by atoms with Gasteiger partial charge in [0, 0.05) is 26.6 Å². The van der Waals surface area contributed by atoms with Crippen molar-refractivity contribution in [3.8, 4) is 11.4 Å². The molecule has 2 aromatic heterocycles. The zero-order chi connectivity index (χ0) is 20.2. The molecule has 0 bridgehead atoms. The molecule has 0 saturated carbocycles. The Labute approximate surface area is 170 Å². The topological polar surface area (TPSA) is 103 Å². The van der Waals surface area contributed by atoms with Crippen molar-refractivity contribution in [2.45, 2.75) is 24.4 Å². The lowest BCUT2D eigenvalue weighted by Crippen LogP contribution is -2.41. The molecule has 29 heavy (non-hydrogen) atoms. The summed E-state index contributed by atoms with van der Waals surface area (Å²) in [6.07, 6.45) is 2.45. The number of benzene rings is 1.